The predicted octanol–water partition coefficient (Wildman–Crippen LogP) is 1.73. The highest BCUT2D eigenvalue weighted by atomic mass is 16.6. The molecule has 140 valence electrons. The molecule has 0 spiro atoms. The van der Waals surface area contributed by atoms with E-state index in [9.17, 15) is 19.5 Å². The topological polar surface area (TPSA) is 89.9 Å². The summed E-state index contributed by atoms with van der Waals surface area (Å²) in [6.45, 7) is 12.6. The van der Waals surface area contributed by atoms with Crippen LogP contribution in [0.15, 0.2) is 36.5 Å². The maximum absolute atomic E-state index is 12.8. The zero-order valence-electron chi connectivity index (χ0n) is 15.2. The SMILES string of the molecule is C=C1C(=O)O[C@@H]2C[C@@H](C)[C@@H]3C=CC(=O)[C@@]3(C)[C@@H](OC(=O)C(=C)[C@@H](C)O)[C@H]12. The first-order chi connectivity index (χ1) is 12.1. The van der Waals surface area contributed by atoms with Crippen molar-refractivity contribution < 1.29 is 29.0 Å². The largest absolute Gasteiger partial charge is 0.458 e. The summed E-state index contributed by atoms with van der Waals surface area (Å²) < 4.78 is 11.2. The number of fused-ring (bicyclic) bond motifs is 2. The molecule has 1 aliphatic heterocycles. The molecule has 2 fully saturated rings. The molecule has 2 aliphatic carbocycles. The minimum absolute atomic E-state index is 0.0533. The van der Waals surface area contributed by atoms with Crippen molar-refractivity contribution in [2.24, 2.45) is 23.2 Å². The average Bonchev–Trinajstić information content (AvgIpc) is 2.99. The van der Waals surface area contributed by atoms with Crippen molar-refractivity contribution in [1.82, 2.24) is 0 Å². The van der Waals surface area contributed by atoms with Gasteiger partial charge in [-0.25, -0.2) is 9.59 Å². The van der Waals surface area contributed by atoms with Crippen molar-refractivity contribution in [1.29, 1.82) is 0 Å². The molecule has 0 bridgehead atoms. The van der Waals surface area contributed by atoms with Crippen LogP contribution in [-0.2, 0) is 23.9 Å². The first kappa shape index (κ1) is 18.6. The molecular weight excluding hydrogens is 336 g/mol. The monoisotopic (exact) mass is 360 g/mol. The summed E-state index contributed by atoms with van der Waals surface area (Å²) in [5.41, 5.74) is -0.915. The number of carbonyl (C=O) groups is 3. The van der Waals surface area contributed by atoms with E-state index in [2.05, 4.69) is 13.2 Å². The summed E-state index contributed by atoms with van der Waals surface area (Å²) >= 11 is 0. The minimum atomic E-state index is -1.08. The molecule has 1 heterocycles. The van der Waals surface area contributed by atoms with Crippen molar-refractivity contribution in [3.63, 3.8) is 0 Å². The van der Waals surface area contributed by atoms with E-state index in [0.717, 1.165) is 0 Å². The van der Waals surface area contributed by atoms with Gasteiger partial charge in [0.05, 0.1) is 23.0 Å². The van der Waals surface area contributed by atoms with Gasteiger partial charge in [-0.3, -0.25) is 4.79 Å². The Morgan fingerprint density at radius 2 is 2.12 bits per heavy atom. The summed E-state index contributed by atoms with van der Waals surface area (Å²) in [4.78, 5) is 37.4. The number of esters is 2. The number of hydrogen-bond acceptors (Lipinski definition) is 6. The van der Waals surface area contributed by atoms with Crippen LogP contribution in [0.1, 0.15) is 27.2 Å². The molecule has 6 heteroatoms. The molecule has 3 rings (SSSR count). The lowest BCUT2D eigenvalue weighted by molar-refractivity contribution is -0.161. The fourth-order valence-electron chi connectivity index (χ4n) is 4.51. The molecule has 7 atom stereocenters. The number of aliphatic hydroxyl groups excluding tert-OH is 1. The second kappa shape index (κ2) is 6.20. The van der Waals surface area contributed by atoms with E-state index >= 15 is 0 Å². The maximum Gasteiger partial charge on any atom is 0.336 e. The second-order valence-electron chi connectivity index (χ2n) is 7.77. The Labute approximate surface area is 152 Å². The molecule has 26 heavy (non-hydrogen) atoms. The van der Waals surface area contributed by atoms with E-state index < -0.39 is 41.6 Å². The van der Waals surface area contributed by atoms with Crippen LogP contribution in [0.3, 0.4) is 0 Å². The summed E-state index contributed by atoms with van der Waals surface area (Å²) in [6.07, 6.45) is 1.43. The Hall–Kier alpha value is -2.21. The Bertz CT molecular complexity index is 733. The third-order valence-electron chi connectivity index (χ3n) is 6.14. The van der Waals surface area contributed by atoms with Gasteiger partial charge in [-0.2, -0.15) is 0 Å². The van der Waals surface area contributed by atoms with Crippen LogP contribution in [0.25, 0.3) is 0 Å². The van der Waals surface area contributed by atoms with Crippen LogP contribution < -0.4 is 0 Å². The van der Waals surface area contributed by atoms with Gasteiger partial charge >= 0.3 is 11.9 Å². The molecule has 0 radical (unpaired) electrons. The van der Waals surface area contributed by atoms with Crippen molar-refractivity contribution in [3.05, 3.63) is 36.5 Å². The Morgan fingerprint density at radius 3 is 2.73 bits per heavy atom. The van der Waals surface area contributed by atoms with Crippen LogP contribution in [0, 0.1) is 23.2 Å². The molecule has 0 aromatic carbocycles. The van der Waals surface area contributed by atoms with Gasteiger partial charge in [-0.05, 0) is 38.2 Å². The van der Waals surface area contributed by atoms with Crippen LogP contribution in [0.4, 0.5) is 0 Å². The number of aliphatic hydroxyl groups is 1. The van der Waals surface area contributed by atoms with Gasteiger partial charge in [0.2, 0.25) is 0 Å². The number of hydrogen-bond donors (Lipinski definition) is 1. The predicted molar refractivity (Wildman–Crippen MR) is 92.7 cm³/mol. The van der Waals surface area contributed by atoms with E-state index in [1.807, 2.05) is 13.0 Å². The molecule has 1 saturated carbocycles. The smallest absolute Gasteiger partial charge is 0.336 e. The molecule has 1 N–H and O–H groups in total. The highest BCUT2D eigenvalue weighted by molar-refractivity contribution is 5.99. The van der Waals surface area contributed by atoms with Crippen LogP contribution in [0.5, 0.6) is 0 Å². The zero-order valence-corrected chi connectivity index (χ0v) is 15.2. The molecule has 0 unspecified atom stereocenters. The van der Waals surface area contributed by atoms with Gasteiger partial charge < -0.3 is 14.6 Å². The second-order valence-corrected chi connectivity index (χ2v) is 7.77. The highest BCUT2D eigenvalue weighted by Crippen LogP contribution is 2.54. The molecule has 1 saturated heterocycles. The quantitative estimate of drug-likeness (QED) is 0.609. The Kier molecular flexibility index (Phi) is 4.43. The number of ketones is 1. The summed E-state index contributed by atoms with van der Waals surface area (Å²) in [6, 6.07) is 0. The zero-order chi connectivity index (χ0) is 19.4. The lowest BCUT2D eigenvalue weighted by Gasteiger charge is -2.39. The summed E-state index contributed by atoms with van der Waals surface area (Å²) in [5.74, 6) is -2.16. The van der Waals surface area contributed by atoms with E-state index in [1.54, 1.807) is 6.92 Å². The van der Waals surface area contributed by atoms with Crippen molar-refractivity contribution in [2.45, 2.75) is 45.5 Å². The van der Waals surface area contributed by atoms with Gasteiger partial charge in [0.15, 0.2) is 5.78 Å². The number of carbonyl (C=O) groups excluding carboxylic acids is 3. The van der Waals surface area contributed by atoms with Crippen LogP contribution in [0.2, 0.25) is 0 Å². The third kappa shape index (κ3) is 2.55. The van der Waals surface area contributed by atoms with Gasteiger partial charge in [0, 0.05) is 5.57 Å². The van der Waals surface area contributed by atoms with Crippen molar-refractivity contribution >= 4 is 17.7 Å². The number of ether oxygens (including phenoxy) is 2. The van der Waals surface area contributed by atoms with Crippen LogP contribution >= 0.6 is 0 Å². The molecule has 3 aliphatic rings. The van der Waals surface area contributed by atoms with E-state index in [-0.39, 0.29) is 28.8 Å². The van der Waals surface area contributed by atoms with E-state index in [4.69, 9.17) is 9.47 Å². The van der Waals surface area contributed by atoms with Gasteiger partial charge in [-0.1, -0.05) is 26.2 Å². The van der Waals surface area contributed by atoms with E-state index in [1.165, 1.54) is 13.0 Å². The van der Waals surface area contributed by atoms with Crippen molar-refractivity contribution in [2.75, 3.05) is 0 Å². The Morgan fingerprint density at radius 1 is 1.46 bits per heavy atom. The number of allylic oxidation sites excluding steroid dienone is 2. The summed E-state index contributed by atoms with van der Waals surface area (Å²) in [7, 11) is 0. The lowest BCUT2D eigenvalue weighted by Crippen LogP contribution is -2.49. The summed E-state index contributed by atoms with van der Waals surface area (Å²) in [5, 5.41) is 9.63. The van der Waals surface area contributed by atoms with Gasteiger partial charge in [-0.15, -0.1) is 0 Å². The Balaban J connectivity index is 2.06. The average molecular weight is 360 g/mol. The first-order valence-corrected chi connectivity index (χ1v) is 8.79. The molecular formula is C20H24O6. The van der Waals surface area contributed by atoms with Crippen molar-refractivity contribution in [3.8, 4) is 0 Å². The van der Waals surface area contributed by atoms with Gasteiger partial charge in [0.1, 0.15) is 12.2 Å². The maximum atomic E-state index is 12.8. The normalized spacial score (nSPS) is 39.7. The first-order valence-electron chi connectivity index (χ1n) is 8.79. The molecule has 0 amide bonds. The minimum Gasteiger partial charge on any atom is -0.458 e. The lowest BCUT2D eigenvalue weighted by atomic mass is 9.67. The molecule has 6 nitrogen and oxygen atoms in total. The standard InChI is InChI=1S/C20H24O6/c1-9-8-14-16(11(3)19(24)25-14)17(26-18(23)10(2)12(4)21)20(5)13(9)6-7-15(20)22/h6-7,9,12-14,16-17,21H,2-3,8H2,1,4-5H3/t9-,12-,13+,14-,16-,17+,20+/m1/s1. The fourth-order valence-corrected chi connectivity index (χ4v) is 4.51. The number of rotatable bonds is 3. The molecule has 0 aromatic heterocycles. The third-order valence-corrected chi connectivity index (χ3v) is 6.14. The van der Waals surface area contributed by atoms with Crippen LogP contribution in [-0.4, -0.2) is 41.1 Å². The highest BCUT2D eigenvalue weighted by Gasteiger charge is 2.62. The van der Waals surface area contributed by atoms with E-state index in [0.29, 0.717) is 6.42 Å². The fraction of sp³-hybridized carbons (Fsp3) is 0.550. The van der Waals surface area contributed by atoms with Gasteiger partial charge in [0.25, 0.3) is 0 Å². The molecule has 0 aromatic rings.